The van der Waals surface area contributed by atoms with Gasteiger partial charge >= 0.3 is 5.69 Å². The van der Waals surface area contributed by atoms with Gasteiger partial charge in [0.2, 0.25) is 0 Å². The predicted molar refractivity (Wildman–Crippen MR) is 81.2 cm³/mol. The fourth-order valence-electron chi connectivity index (χ4n) is 1.90. The van der Waals surface area contributed by atoms with Gasteiger partial charge in [-0.25, -0.2) is 4.79 Å². The van der Waals surface area contributed by atoms with Crippen molar-refractivity contribution in [2.45, 2.75) is 24.1 Å². The molecule has 19 heavy (non-hydrogen) atoms. The van der Waals surface area contributed by atoms with Crippen LogP contribution in [0.25, 0.3) is 6.08 Å². The molecule has 5 nitrogen and oxygen atoms in total. The molecule has 3 atom stereocenters. The molecule has 1 aliphatic rings. The topological polar surface area (TPSA) is 64.1 Å². The Kier molecular flexibility index (Phi) is 5.05. The summed E-state index contributed by atoms with van der Waals surface area (Å²) in [6.45, 7) is 0. The predicted octanol–water partition coefficient (Wildman–Crippen LogP) is 2.19. The molecule has 1 N–H and O–H groups in total. The van der Waals surface area contributed by atoms with E-state index in [0.29, 0.717) is 17.3 Å². The molecule has 0 amide bonds. The molecule has 1 fully saturated rings. The van der Waals surface area contributed by atoms with Crippen molar-refractivity contribution >= 4 is 49.5 Å². The molecule has 0 radical (unpaired) electrons. The van der Waals surface area contributed by atoms with Crippen LogP contribution in [0, 0.1) is 0 Å². The third kappa shape index (κ3) is 3.21. The average molecular weight is 414 g/mol. The minimum atomic E-state index is -0.499. The molecule has 8 heteroatoms. The highest BCUT2D eigenvalue weighted by atomic mass is 79.9. The second kappa shape index (κ2) is 6.39. The van der Waals surface area contributed by atoms with E-state index in [9.17, 15) is 9.59 Å². The molecule has 2 rings (SSSR count). The van der Waals surface area contributed by atoms with Gasteiger partial charge in [0.25, 0.3) is 5.56 Å². The highest BCUT2D eigenvalue weighted by Crippen LogP contribution is 2.32. The Morgan fingerprint density at radius 3 is 2.89 bits per heavy atom. The zero-order valence-corrected chi connectivity index (χ0v) is 13.6. The van der Waals surface area contributed by atoms with E-state index in [1.54, 1.807) is 11.1 Å². The SMILES string of the molecule is O=c1[nH]c(=O)n([C@@H]2CC(Cl)[C@H](CBr)O2)cc1/C=C/Br. The second-order valence-electron chi connectivity index (χ2n) is 4.08. The van der Waals surface area contributed by atoms with Crippen LogP contribution < -0.4 is 11.2 Å². The number of alkyl halides is 2. The number of ether oxygens (including phenoxy) is 1. The van der Waals surface area contributed by atoms with Crippen molar-refractivity contribution in [2.24, 2.45) is 0 Å². The Balaban J connectivity index is 2.38. The zero-order chi connectivity index (χ0) is 14.0. The first-order valence-electron chi connectivity index (χ1n) is 5.54. The summed E-state index contributed by atoms with van der Waals surface area (Å²) in [5, 5.41) is 0.433. The molecular weight excluding hydrogens is 403 g/mol. The van der Waals surface area contributed by atoms with E-state index in [1.807, 2.05) is 0 Å². The van der Waals surface area contributed by atoms with Crippen molar-refractivity contribution in [3.63, 3.8) is 0 Å². The van der Waals surface area contributed by atoms with Gasteiger partial charge in [-0.05, 0) is 11.1 Å². The van der Waals surface area contributed by atoms with Gasteiger partial charge in [0.15, 0.2) is 0 Å². The van der Waals surface area contributed by atoms with Crippen LogP contribution in [0.2, 0.25) is 0 Å². The standard InChI is InChI=1S/C11H11Br2ClN2O3/c12-2-1-6-5-16(11(18)15-10(6)17)9-3-7(14)8(4-13)19-9/h1-2,5,7-9H,3-4H2,(H,15,17,18)/b2-1+/t7?,8-,9-/m0/s1. The van der Waals surface area contributed by atoms with Crippen molar-refractivity contribution in [3.05, 3.63) is 37.6 Å². The molecule has 0 aliphatic carbocycles. The van der Waals surface area contributed by atoms with E-state index in [4.69, 9.17) is 16.3 Å². The van der Waals surface area contributed by atoms with Gasteiger partial charge in [0.1, 0.15) is 6.23 Å². The van der Waals surface area contributed by atoms with Gasteiger partial charge in [-0.15, -0.1) is 11.6 Å². The Morgan fingerprint density at radius 2 is 2.32 bits per heavy atom. The number of nitrogens with zero attached hydrogens (tertiary/aromatic N) is 1. The van der Waals surface area contributed by atoms with Crippen molar-refractivity contribution in [1.82, 2.24) is 9.55 Å². The Hall–Kier alpha value is -0.370. The second-order valence-corrected chi connectivity index (χ2v) is 5.82. The molecule has 0 bridgehead atoms. The first-order chi connectivity index (χ1) is 9.06. The van der Waals surface area contributed by atoms with E-state index in [0.717, 1.165) is 0 Å². The molecule has 0 spiro atoms. The number of halogens is 3. The van der Waals surface area contributed by atoms with Crippen LogP contribution in [0.4, 0.5) is 0 Å². The van der Waals surface area contributed by atoms with Crippen molar-refractivity contribution in [1.29, 1.82) is 0 Å². The number of nitrogens with one attached hydrogen (secondary N) is 1. The smallest absolute Gasteiger partial charge is 0.330 e. The molecule has 1 unspecified atom stereocenters. The molecule has 1 aromatic rings. The number of hydrogen-bond donors (Lipinski definition) is 1. The normalized spacial score (nSPS) is 27.2. The molecule has 1 aromatic heterocycles. The van der Waals surface area contributed by atoms with Crippen LogP contribution >= 0.6 is 43.5 Å². The summed E-state index contributed by atoms with van der Waals surface area (Å²) in [4.78, 5) is 27.2. The Labute approximate surface area is 130 Å². The van der Waals surface area contributed by atoms with E-state index in [-0.39, 0.29) is 11.5 Å². The molecule has 2 heterocycles. The molecule has 104 valence electrons. The summed E-state index contributed by atoms with van der Waals surface area (Å²) < 4.78 is 7.05. The first-order valence-corrected chi connectivity index (χ1v) is 8.02. The minimum Gasteiger partial charge on any atom is -0.352 e. The van der Waals surface area contributed by atoms with Crippen LogP contribution in [0.15, 0.2) is 20.8 Å². The van der Waals surface area contributed by atoms with Crippen LogP contribution in [-0.2, 0) is 4.74 Å². The number of hydrogen-bond acceptors (Lipinski definition) is 3. The van der Waals surface area contributed by atoms with E-state index in [1.165, 1.54) is 10.8 Å². The summed E-state index contributed by atoms with van der Waals surface area (Å²) in [6, 6.07) is 0. The maximum Gasteiger partial charge on any atom is 0.330 e. The minimum absolute atomic E-state index is 0.152. The van der Waals surface area contributed by atoms with Crippen LogP contribution in [-0.4, -0.2) is 26.4 Å². The molecular formula is C11H11Br2ClN2O3. The average Bonchev–Trinajstić information content (AvgIpc) is 2.74. The fraction of sp³-hybridized carbons (Fsp3) is 0.455. The lowest BCUT2D eigenvalue weighted by Gasteiger charge is -2.14. The highest BCUT2D eigenvalue weighted by Gasteiger charge is 2.34. The number of aromatic amines is 1. The molecule has 1 aliphatic heterocycles. The Morgan fingerprint density at radius 1 is 1.58 bits per heavy atom. The summed E-state index contributed by atoms with van der Waals surface area (Å²) in [7, 11) is 0. The maximum atomic E-state index is 11.8. The lowest BCUT2D eigenvalue weighted by molar-refractivity contribution is 0.0109. The zero-order valence-electron chi connectivity index (χ0n) is 9.68. The summed E-state index contributed by atoms with van der Waals surface area (Å²) >= 11 is 12.6. The quantitative estimate of drug-likeness (QED) is 0.772. The van der Waals surface area contributed by atoms with E-state index < -0.39 is 17.5 Å². The maximum absolute atomic E-state index is 11.8. The third-order valence-corrected chi connectivity index (χ3v) is 4.22. The first kappa shape index (κ1) is 15.0. The Bertz CT molecular complexity index is 598. The monoisotopic (exact) mass is 412 g/mol. The van der Waals surface area contributed by atoms with Gasteiger partial charge in [0.05, 0.1) is 17.0 Å². The number of aromatic nitrogens is 2. The van der Waals surface area contributed by atoms with Crippen molar-refractivity contribution < 1.29 is 4.74 Å². The molecule has 0 aromatic carbocycles. The lowest BCUT2D eigenvalue weighted by atomic mass is 10.2. The van der Waals surface area contributed by atoms with Gasteiger partial charge in [-0.2, -0.15) is 0 Å². The summed E-state index contributed by atoms with van der Waals surface area (Å²) in [6.07, 6.45) is 2.94. The van der Waals surface area contributed by atoms with E-state index in [2.05, 4.69) is 36.8 Å². The largest absolute Gasteiger partial charge is 0.352 e. The highest BCUT2D eigenvalue weighted by molar-refractivity contribution is 9.11. The lowest BCUT2D eigenvalue weighted by Crippen LogP contribution is -2.33. The summed E-state index contributed by atoms with van der Waals surface area (Å²) in [5.74, 6) is 0. The van der Waals surface area contributed by atoms with Crippen molar-refractivity contribution in [2.75, 3.05) is 5.33 Å². The number of H-pyrrole nitrogens is 1. The van der Waals surface area contributed by atoms with Gasteiger partial charge in [0, 0.05) is 17.9 Å². The molecule has 1 saturated heterocycles. The van der Waals surface area contributed by atoms with Crippen LogP contribution in [0.5, 0.6) is 0 Å². The van der Waals surface area contributed by atoms with Crippen LogP contribution in [0.3, 0.4) is 0 Å². The summed E-state index contributed by atoms with van der Waals surface area (Å²) in [5.41, 5.74) is -0.566. The molecule has 0 saturated carbocycles. The number of rotatable bonds is 3. The van der Waals surface area contributed by atoms with Gasteiger partial charge < -0.3 is 4.74 Å². The van der Waals surface area contributed by atoms with Gasteiger partial charge in [-0.1, -0.05) is 31.9 Å². The van der Waals surface area contributed by atoms with Gasteiger partial charge in [-0.3, -0.25) is 14.3 Å². The van der Waals surface area contributed by atoms with Crippen LogP contribution in [0.1, 0.15) is 18.2 Å². The van der Waals surface area contributed by atoms with E-state index >= 15 is 0 Å². The van der Waals surface area contributed by atoms with Crippen molar-refractivity contribution in [3.8, 4) is 0 Å². The fourth-order valence-corrected chi connectivity index (χ4v) is 3.31. The third-order valence-electron chi connectivity index (χ3n) is 2.86.